The second-order valence-electron chi connectivity index (χ2n) is 8.37. The third-order valence-electron chi connectivity index (χ3n) is 5.88. The number of benzene rings is 1. The number of hydrogen-bond acceptors (Lipinski definition) is 9. The first-order chi connectivity index (χ1) is 18.4. The van der Waals surface area contributed by atoms with Crippen molar-refractivity contribution in [3.05, 3.63) is 98.6 Å². The highest BCUT2D eigenvalue weighted by Crippen LogP contribution is 2.31. The molecule has 3 aromatic heterocycles. The second kappa shape index (κ2) is 12.4. The van der Waals surface area contributed by atoms with Gasteiger partial charge >= 0.3 is 6.09 Å². The first kappa shape index (κ1) is 26.9. The fraction of sp³-hybridized carbons (Fsp3) is 0.231. The van der Waals surface area contributed by atoms with Crippen molar-refractivity contribution in [3.8, 4) is 9.88 Å². The van der Waals surface area contributed by atoms with E-state index in [1.807, 2.05) is 29.0 Å². The van der Waals surface area contributed by atoms with Gasteiger partial charge in [-0.3, -0.25) is 24.8 Å². The van der Waals surface area contributed by atoms with Gasteiger partial charge in [-0.25, -0.2) is 9.78 Å². The minimum absolute atomic E-state index is 0.0156. The number of non-ortho nitro benzene ring substituents is 1. The summed E-state index contributed by atoms with van der Waals surface area (Å²) in [4.78, 5) is 48.0. The largest absolute Gasteiger partial charge is 0.453 e. The topological polar surface area (TPSA) is 128 Å². The molecule has 0 aliphatic rings. The van der Waals surface area contributed by atoms with E-state index in [1.54, 1.807) is 41.8 Å². The van der Waals surface area contributed by atoms with Gasteiger partial charge in [0.05, 0.1) is 28.6 Å². The third kappa shape index (κ3) is 6.58. The van der Waals surface area contributed by atoms with Crippen LogP contribution in [0.3, 0.4) is 0 Å². The van der Waals surface area contributed by atoms with Crippen LogP contribution >= 0.6 is 22.7 Å². The number of nitro groups is 1. The number of carbonyl (C=O) groups excluding carboxylic acids is 2. The molecule has 12 heteroatoms. The van der Waals surface area contributed by atoms with Crippen molar-refractivity contribution in [1.82, 2.24) is 20.2 Å². The van der Waals surface area contributed by atoms with Gasteiger partial charge in [-0.2, -0.15) is 0 Å². The normalized spacial score (nSPS) is 12.4. The van der Waals surface area contributed by atoms with E-state index < -0.39 is 29.0 Å². The molecule has 0 saturated carbocycles. The van der Waals surface area contributed by atoms with Crippen molar-refractivity contribution in [2.24, 2.45) is 0 Å². The fourth-order valence-corrected chi connectivity index (χ4v) is 5.53. The summed E-state index contributed by atoms with van der Waals surface area (Å²) in [6.07, 6.45) is 1.50. The summed E-state index contributed by atoms with van der Waals surface area (Å²) >= 11 is 3.04. The molecule has 4 rings (SSSR count). The molecule has 4 aromatic rings. The summed E-state index contributed by atoms with van der Waals surface area (Å²) in [5.74, 6) is -0.402. The van der Waals surface area contributed by atoms with Crippen molar-refractivity contribution in [3.63, 3.8) is 0 Å². The zero-order valence-electron chi connectivity index (χ0n) is 20.6. The molecule has 0 spiro atoms. The van der Waals surface area contributed by atoms with E-state index >= 15 is 0 Å². The number of hydrogen-bond donors (Lipinski definition) is 1. The SMILES string of the molecule is COC(=O)N(C)C(Cc1ccccn1)C(=O)N[C@@H](Cc1ccc([N+](=O)[O-])cc1)c1csc(-c2cccs2)n1. The van der Waals surface area contributed by atoms with Gasteiger partial charge in [0.25, 0.3) is 5.69 Å². The molecule has 0 aliphatic heterocycles. The van der Waals surface area contributed by atoms with Gasteiger partial charge in [0, 0.05) is 42.9 Å². The number of nitrogens with one attached hydrogen (secondary N) is 1. The molecule has 38 heavy (non-hydrogen) atoms. The number of pyridine rings is 1. The molecular formula is C26H25N5O5S2. The van der Waals surface area contributed by atoms with E-state index in [2.05, 4.69) is 10.3 Å². The van der Waals surface area contributed by atoms with Gasteiger partial charge in [0.15, 0.2) is 0 Å². The Hall–Kier alpha value is -4.16. The summed E-state index contributed by atoms with van der Waals surface area (Å²) in [5, 5.41) is 18.8. The molecule has 0 saturated heterocycles. The Kier molecular flexibility index (Phi) is 8.77. The maximum atomic E-state index is 13.7. The minimum Gasteiger partial charge on any atom is -0.453 e. The number of methoxy groups -OCH3 is 1. The number of rotatable bonds is 10. The minimum atomic E-state index is -0.896. The molecular weight excluding hydrogens is 526 g/mol. The number of thiophene rings is 1. The van der Waals surface area contributed by atoms with Crippen molar-refractivity contribution in [1.29, 1.82) is 0 Å². The zero-order chi connectivity index (χ0) is 27.1. The van der Waals surface area contributed by atoms with Crippen LogP contribution in [0.4, 0.5) is 10.5 Å². The fourth-order valence-electron chi connectivity index (χ4n) is 3.84. The van der Waals surface area contributed by atoms with Crippen LogP contribution in [-0.2, 0) is 22.4 Å². The number of amides is 2. The van der Waals surface area contributed by atoms with Crippen LogP contribution in [0.2, 0.25) is 0 Å². The third-order valence-corrected chi connectivity index (χ3v) is 7.78. The molecule has 1 N–H and O–H groups in total. The maximum Gasteiger partial charge on any atom is 0.409 e. The highest BCUT2D eigenvalue weighted by Gasteiger charge is 2.31. The van der Waals surface area contributed by atoms with E-state index in [4.69, 9.17) is 9.72 Å². The van der Waals surface area contributed by atoms with E-state index in [0.717, 1.165) is 15.4 Å². The molecule has 0 fully saturated rings. The number of nitrogens with zero attached hydrogens (tertiary/aromatic N) is 4. The van der Waals surface area contributed by atoms with Crippen LogP contribution in [0.1, 0.15) is 23.0 Å². The van der Waals surface area contributed by atoms with Gasteiger partial charge < -0.3 is 10.1 Å². The number of thiazole rings is 1. The zero-order valence-corrected chi connectivity index (χ0v) is 22.3. The van der Waals surface area contributed by atoms with Crippen LogP contribution < -0.4 is 5.32 Å². The number of nitro benzene ring substituents is 1. The summed E-state index contributed by atoms with van der Waals surface area (Å²) in [7, 11) is 2.76. The predicted molar refractivity (Wildman–Crippen MR) is 145 cm³/mol. The molecule has 10 nitrogen and oxygen atoms in total. The molecule has 0 bridgehead atoms. The Labute approximate surface area is 227 Å². The standard InChI is InChI=1S/C26H25N5O5S2/c1-30(26(33)36-2)22(15-18-6-3-4-12-27-18)24(32)28-20(14-17-8-10-19(11-9-17)31(34)35)21-16-38-25(29-21)23-7-5-13-37-23/h3-13,16,20,22H,14-15H2,1-2H3,(H,28,32)/t20-,22?/m0/s1. The molecule has 1 unspecified atom stereocenters. The van der Waals surface area contributed by atoms with Gasteiger partial charge in [0.2, 0.25) is 5.91 Å². The highest BCUT2D eigenvalue weighted by molar-refractivity contribution is 7.20. The van der Waals surface area contributed by atoms with Crippen LogP contribution in [0.25, 0.3) is 9.88 Å². The summed E-state index contributed by atoms with van der Waals surface area (Å²) in [5.41, 5.74) is 2.07. The average Bonchev–Trinajstić information content (AvgIpc) is 3.64. The van der Waals surface area contributed by atoms with Crippen molar-refractivity contribution < 1.29 is 19.2 Å². The van der Waals surface area contributed by atoms with Crippen molar-refractivity contribution >= 4 is 40.4 Å². The van der Waals surface area contributed by atoms with Gasteiger partial charge in [-0.1, -0.05) is 24.3 Å². The van der Waals surface area contributed by atoms with E-state index in [9.17, 15) is 19.7 Å². The summed E-state index contributed by atoms with van der Waals surface area (Å²) < 4.78 is 4.86. The highest BCUT2D eigenvalue weighted by atomic mass is 32.1. The Balaban J connectivity index is 1.63. The smallest absolute Gasteiger partial charge is 0.409 e. The van der Waals surface area contributed by atoms with Crippen LogP contribution in [0, 0.1) is 10.1 Å². The van der Waals surface area contributed by atoms with Crippen LogP contribution in [0.5, 0.6) is 0 Å². The Bertz CT molecular complexity index is 1380. The first-order valence-corrected chi connectivity index (χ1v) is 13.4. The number of likely N-dealkylation sites (N-methyl/N-ethyl adjacent to an activating group) is 1. The van der Waals surface area contributed by atoms with Gasteiger partial charge in [-0.15, -0.1) is 22.7 Å². The number of carbonyl (C=O) groups is 2. The lowest BCUT2D eigenvalue weighted by Crippen LogP contribution is -2.50. The van der Waals surface area contributed by atoms with Crippen LogP contribution in [-0.4, -0.2) is 52.0 Å². The average molecular weight is 552 g/mol. The molecule has 2 amide bonds. The monoisotopic (exact) mass is 551 g/mol. The number of ether oxygens (including phenoxy) is 1. The summed E-state index contributed by atoms with van der Waals surface area (Å²) in [6.45, 7) is 0. The molecule has 3 heterocycles. The van der Waals surface area contributed by atoms with Crippen LogP contribution in [0.15, 0.2) is 71.6 Å². The summed E-state index contributed by atoms with van der Waals surface area (Å²) in [6, 6.07) is 14.0. The second-order valence-corrected chi connectivity index (χ2v) is 10.2. The Morgan fingerprint density at radius 2 is 1.89 bits per heavy atom. The lowest BCUT2D eigenvalue weighted by atomic mass is 10.0. The van der Waals surface area contributed by atoms with Crippen molar-refractivity contribution in [2.45, 2.75) is 24.9 Å². The van der Waals surface area contributed by atoms with E-state index in [0.29, 0.717) is 17.8 Å². The van der Waals surface area contributed by atoms with Gasteiger partial charge in [-0.05, 0) is 35.6 Å². The van der Waals surface area contributed by atoms with E-state index in [-0.39, 0.29) is 12.1 Å². The molecule has 0 aliphatic carbocycles. The first-order valence-electron chi connectivity index (χ1n) is 11.6. The lowest BCUT2D eigenvalue weighted by molar-refractivity contribution is -0.384. The molecule has 1 aromatic carbocycles. The van der Waals surface area contributed by atoms with E-state index in [1.165, 1.54) is 42.5 Å². The van der Waals surface area contributed by atoms with Gasteiger partial charge in [0.1, 0.15) is 11.0 Å². The molecule has 196 valence electrons. The quantitative estimate of drug-likeness (QED) is 0.220. The Morgan fingerprint density at radius 3 is 2.53 bits per heavy atom. The predicted octanol–water partition coefficient (Wildman–Crippen LogP) is 4.88. The molecule has 0 radical (unpaired) electrons. The van der Waals surface area contributed by atoms with Crippen molar-refractivity contribution in [2.75, 3.05) is 14.2 Å². The lowest BCUT2D eigenvalue weighted by Gasteiger charge is -2.28. The number of aromatic nitrogens is 2. The maximum absolute atomic E-state index is 13.7. The Morgan fingerprint density at radius 1 is 1.11 bits per heavy atom. The molecule has 2 atom stereocenters.